The van der Waals surface area contributed by atoms with Crippen LogP contribution < -0.4 is 16.4 Å². The molecular weight excluding hydrogens is 274 g/mol. The molecule has 9 nitrogen and oxygen atoms in total. The SMILES string of the molecule is CCNc1cc(-c2cn(CCNC(N)=O)nn2)ccn1.O. The van der Waals surface area contributed by atoms with Gasteiger partial charge in [0.1, 0.15) is 11.5 Å². The van der Waals surface area contributed by atoms with E-state index in [2.05, 4.69) is 25.9 Å². The predicted octanol–water partition coefficient (Wildman–Crippen LogP) is -0.384. The van der Waals surface area contributed by atoms with Crippen LogP contribution in [0.15, 0.2) is 24.5 Å². The molecule has 0 spiro atoms. The summed E-state index contributed by atoms with van der Waals surface area (Å²) in [5, 5.41) is 13.7. The van der Waals surface area contributed by atoms with Gasteiger partial charge in [0.2, 0.25) is 0 Å². The van der Waals surface area contributed by atoms with Crippen LogP contribution in [0.25, 0.3) is 11.3 Å². The van der Waals surface area contributed by atoms with Crippen molar-refractivity contribution in [2.24, 2.45) is 5.73 Å². The molecule has 0 aliphatic carbocycles. The van der Waals surface area contributed by atoms with E-state index in [-0.39, 0.29) is 5.48 Å². The fraction of sp³-hybridized carbons (Fsp3) is 0.333. The van der Waals surface area contributed by atoms with Gasteiger partial charge in [0.25, 0.3) is 0 Å². The second-order valence-electron chi connectivity index (χ2n) is 4.12. The number of pyridine rings is 1. The highest BCUT2D eigenvalue weighted by Crippen LogP contribution is 2.18. The Morgan fingerprint density at radius 1 is 1.48 bits per heavy atom. The number of aromatic nitrogens is 4. The fourth-order valence-electron chi connectivity index (χ4n) is 1.70. The first kappa shape index (κ1) is 16.4. The van der Waals surface area contributed by atoms with Crippen LogP contribution in [-0.2, 0) is 6.54 Å². The first-order valence-corrected chi connectivity index (χ1v) is 6.32. The van der Waals surface area contributed by atoms with Gasteiger partial charge in [0, 0.05) is 24.8 Å². The number of carbonyl (C=O) groups is 1. The van der Waals surface area contributed by atoms with Crippen LogP contribution in [0.3, 0.4) is 0 Å². The quantitative estimate of drug-likeness (QED) is 0.665. The molecule has 0 aliphatic heterocycles. The molecule has 6 N–H and O–H groups in total. The summed E-state index contributed by atoms with van der Waals surface area (Å²) in [4.78, 5) is 14.8. The van der Waals surface area contributed by atoms with Crippen LogP contribution in [0.4, 0.5) is 10.6 Å². The maximum atomic E-state index is 10.6. The van der Waals surface area contributed by atoms with Gasteiger partial charge in [-0.05, 0) is 19.1 Å². The maximum Gasteiger partial charge on any atom is 0.312 e. The molecular formula is C12H19N7O2. The number of nitrogens with zero attached hydrogens (tertiary/aromatic N) is 4. The molecule has 0 atom stereocenters. The van der Waals surface area contributed by atoms with Crippen molar-refractivity contribution >= 4 is 11.8 Å². The van der Waals surface area contributed by atoms with Gasteiger partial charge >= 0.3 is 6.03 Å². The number of anilines is 1. The van der Waals surface area contributed by atoms with E-state index in [9.17, 15) is 4.79 Å². The van der Waals surface area contributed by atoms with Crippen LogP contribution in [0.1, 0.15) is 6.92 Å². The molecule has 2 amide bonds. The number of rotatable bonds is 6. The van der Waals surface area contributed by atoms with Gasteiger partial charge in [-0.25, -0.2) is 9.78 Å². The number of nitrogens with one attached hydrogen (secondary N) is 2. The molecule has 0 bridgehead atoms. The summed E-state index contributed by atoms with van der Waals surface area (Å²) in [6, 6.07) is 3.24. The lowest BCUT2D eigenvalue weighted by Gasteiger charge is -2.03. The van der Waals surface area contributed by atoms with Crippen molar-refractivity contribution in [2.75, 3.05) is 18.4 Å². The first-order valence-electron chi connectivity index (χ1n) is 6.32. The van der Waals surface area contributed by atoms with Crippen molar-refractivity contribution in [1.29, 1.82) is 0 Å². The number of hydrogen-bond acceptors (Lipinski definition) is 5. The first-order chi connectivity index (χ1) is 9.69. The van der Waals surface area contributed by atoms with Gasteiger partial charge in [-0.15, -0.1) is 5.10 Å². The van der Waals surface area contributed by atoms with E-state index in [0.717, 1.165) is 23.6 Å². The highest BCUT2D eigenvalue weighted by Gasteiger charge is 2.05. The molecule has 0 aliphatic rings. The molecule has 21 heavy (non-hydrogen) atoms. The molecule has 0 fully saturated rings. The average molecular weight is 293 g/mol. The van der Waals surface area contributed by atoms with Crippen LogP contribution in [0, 0.1) is 0 Å². The van der Waals surface area contributed by atoms with Crippen molar-refractivity contribution in [3.8, 4) is 11.3 Å². The Morgan fingerprint density at radius 3 is 3.00 bits per heavy atom. The summed E-state index contributed by atoms with van der Waals surface area (Å²) in [6.45, 7) is 3.75. The second kappa shape index (κ2) is 7.80. The van der Waals surface area contributed by atoms with Crippen molar-refractivity contribution < 1.29 is 10.3 Å². The topological polar surface area (TPSA) is 142 Å². The standard InChI is InChI=1S/C12H17N7O.H2O/c1-2-14-11-7-9(3-4-15-11)10-8-19(18-17-10)6-5-16-12(13)20;/h3-4,7-8H,2,5-6H2,1H3,(H,14,15)(H3,13,16,20);1H2. The second-order valence-corrected chi connectivity index (χ2v) is 4.12. The third-order valence-electron chi connectivity index (χ3n) is 2.59. The lowest BCUT2D eigenvalue weighted by Crippen LogP contribution is -2.32. The van der Waals surface area contributed by atoms with E-state index < -0.39 is 6.03 Å². The summed E-state index contributed by atoms with van der Waals surface area (Å²) in [5.41, 5.74) is 6.68. The molecule has 2 aromatic heterocycles. The highest BCUT2D eigenvalue weighted by molar-refractivity contribution is 5.71. The van der Waals surface area contributed by atoms with Gasteiger partial charge in [-0.1, -0.05) is 5.21 Å². The van der Waals surface area contributed by atoms with Gasteiger partial charge in [-0.3, -0.25) is 4.68 Å². The molecule has 0 radical (unpaired) electrons. The molecule has 0 saturated heterocycles. The molecule has 0 unspecified atom stereocenters. The van der Waals surface area contributed by atoms with Crippen molar-refractivity contribution in [2.45, 2.75) is 13.5 Å². The van der Waals surface area contributed by atoms with Gasteiger partial charge in [0.05, 0.1) is 12.7 Å². The molecule has 114 valence electrons. The lowest BCUT2D eigenvalue weighted by molar-refractivity contribution is 0.248. The zero-order valence-corrected chi connectivity index (χ0v) is 11.7. The summed E-state index contributed by atoms with van der Waals surface area (Å²) >= 11 is 0. The van der Waals surface area contributed by atoms with E-state index >= 15 is 0 Å². The number of primary amides is 1. The van der Waals surface area contributed by atoms with E-state index in [1.807, 2.05) is 25.3 Å². The van der Waals surface area contributed by atoms with Crippen LogP contribution in [0.2, 0.25) is 0 Å². The Morgan fingerprint density at radius 2 is 2.29 bits per heavy atom. The zero-order valence-electron chi connectivity index (χ0n) is 11.7. The van der Waals surface area contributed by atoms with Crippen LogP contribution in [-0.4, -0.2) is 44.6 Å². The lowest BCUT2D eigenvalue weighted by atomic mass is 10.2. The van der Waals surface area contributed by atoms with Crippen molar-refractivity contribution in [3.05, 3.63) is 24.5 Å². The summed E-state index contributed by atoms with van der Waals surface area (Å²) in [6.07, 6.45) is 3.54. The number of amides is 2. The normalized spacial score (nSPS) is 9.76. The minimum Gasteiger partial charge on any atom is -0.412 e. The van der Waals surface area contributed by atoms with Gasteiger partial charge in [-0.2, -0.15) is 0 Å². The van der Waals surface area contributed by atoms with Gasteiger partial charge < -0.3 is 21.8 Å². The maximum absolute atomic E-state index is 10.6. The molecule has 0 aromatic carbocycles. The monoisotopic (exact) mass is 293 g/mol. The largest absolute Gasteiger partial charge is 0.412 e. The highest BCUT2D eigenvalue weighted by atomic mass is 16.2. The van der Waals surface area contributed by atoms with Gasteiger partial charge in [0.15, 0.2) is 0 Å². The molecule has 2 rings (SSSR count). The Hall–Kier alpha value is -2.68. The van der Waals surface area contributed by atoms with E-state index in [0.29, 0.717) is 13.1 Å². The fourth-order valence-corrected chi connectivity index (χ4v) is 1.70. The summed E-state index contributed by atoms with van der Waals surface area (Å²) in [7, 11) is 0. The van der Waals surface area contributed by atoms with Crippen molar-refractivity contribution in [3.63, 3.8) is 0 Å². The third kappa shape index (κ3) is 4.73. The van der Waals surface area contributed by atoms with E-state index in [1.165, 1.54) is 0 Å². The average Bonchev–Trinajstić information content (AvgIpc) is 2.88. The smallest absolute Gasteiger partial charge is 0.312 e. The van der Waals surface area contributed by atoms with E-state index in [1.54, 1.807) is 10.9 Å². The number of urea groups is 1. The van der Waals surface area contributed by atoms with E-state index in [4.69, 9.17) is 5.73 Å². The summed E-state index contributed by atoms with van der Waals surface area (Å²) in [5.74, 6) is 0.801. The minimum atomic E-state index is -0.547. The Balaban J connectivity index is 0.00000220. The summed E-state index contributed by atoms with van der Waals surface area (Å²) < 4.78 is 1.65. The predicted molar refractivity (Wildman–Crippen MR) is 78.6 cm³/mol. The van der Waals surface area contributed by atoms with Crippen LogP contribution >= 0.6 is 0 Å². The minimum absolute atomic E-state index is 0. The number of hydrogen-bond donors (Lipinski definition) is 3. The molecule has 2 heterocycles. The molecule has 9 heteroatoms. The number of carbonyl (C=O) groups excluding carboxylic acids is 1. The Labute approximate surface area is 121 Å². The Kier molecular flexibility index (Phi) is 6.08. The third-order valence-corrected chi connectivity index (χ3v) is 2.59. The molecule has 0 saturated carbocycles. The molecule has 2 aromatic rings. The zero-order chi connectivity index (χ0) is 14.4. The Bertz CT molecular complexity index is 584. The van der Waals surface area contributed by atoms with Crippen LogP contribution in [0.5, 0.6) is 0 Å². The van der Waals surface area contributed by atoms with Crippen molar-refractivity contribution in [1.82, 2.24) is 25.3 Å². The number of nitrogens with two attached hydrogens (primary N) is 1.